The maximum atomic E-state index is 12.2. The Morgan fingerprint density at radius 2 is 2.10 bits per heavy atom. The normalized spacial score (nSPS) is 15.0. The summed E-state index contributed by atoms with van der Waals surface area (Å²) in [5.41, 5.74) is 3.85. The quantitative estimate of drug-likeness (QED) is 0.569. The van der Waals surface area contributed by atoms with Crippen LogP contribution in [0.2, 0.25) is 0 Å². The Morgan fingerprint density at radius 1 is 1.40 bits per heavy atom. The molecule has 0 atom stereocenters. The Hall–Kier alpha value is -1.62. The lowest BCUT2D eigenvalue weighted by atomic mass is 9.90. The number of pyridine rings is 1. The third-order valence-electron chi connectivity index (χ3n) is 3.54. The van der Waals surface area contributed by atoms with E-state index in [4.69, 9.17) is 5.84 Å². The number of aromatic nitrogens is 1. The molecule has 4 N–H and O–H groups in total. The third kappa shape index (κ3) is 3.93. The molecule has 0 aromatic carbocycles. The first kappa shape index (κ1) is 14.8. The first-order chi connectivity index (χ1) is 9.40. The van der Waals surface area contributed by atoms with Crippen molar-refractivity contribution in [3.8, 4) is 0 Å². The summed E-state index contributed by atoms with van der Waals surface area (Å²) in [6.45, 7) is 6.92. The minimum Gasteiger partial charge on any atom is -0.352 e. The van der Waals surface area contributed by atoms with Gasteiger partial charge in [0.1, 0.15) is 5.82 Å². The van der Waals surface area contributed by atoms with E-state index in [2.05, 4.69) is 36.5 Å². The second-order valence-electron chi connectivity index (χ2n) is 6.51. The van der Waals surface area contributed by atoms with E-state index in [-0.39, 0.29) is 11.3 Å². The molecule has 5 nitrogen and oxygen atoms in total. The van der Waals surface area contributed by atoms with E-state index < -0.39 is 0 Å². The van der Waals surface area contributed by atoms with Crippen LogP contribution in [0.15, 0.2) is 12.1 Å². The molecule has 1 aliphatic carbocycles. The summed E-state index contributed by atoms with van der Waals surface area (Å²) in [7, 11) is 0. The van der Waals surface area contributed by atoms with E-state index >= 15 is 0 Å². The van der Waals surface area contributed by atoms with Crippen molar-refractivity contribution in [2.24, 2.45) is 11.8 Å². The van der Waals surface area contributed by atoms with E-state index in [1.54, 1.807) is 6.07 Å². The summed E-state index contributed by atoms with van der Waals surface area (Å²) in [6, 6.07) is 3.52. The summed E-state index contributed by atoms with van der Waals surface area (Å²) in [5, 5.41) is 2.96. The van der Waals surface area contributed by atoms with E-state index in [0.29, 0.717) is 11.4 Å². The Balaban J connectivity index is 2.09. The fourth-order valence-electron chi connectivity index (χ4n) is 2.02. The fraction of sp³-hybridized carbons (Fsp3) is 0.600. The van der Waals surface area contributed by atoms with E-state index in [9.17, 15) is 4.79 Å². The maximum absolute atomic E-state index is 12.2. The number of anilines is 1. The molecule has 20 heavy (non-hydrogen) atoms. The van der Waals surface area contributed by atoms with Gasteiger partial charge in [-0.1, -0.05) is 33.6 Å². The average molecular weight is 276 g/mol. The molecule has 1 saturated carbocycles. The molecule has 0 saturated heterocycles. The van der Waals surface area contributed by atoms with Gasteiger partial charge in [0.05, 0.1) is 0 Å². The lowest BCUT2D eigenvalue weighted by Gasteiger charge is -2.19. The van der Waals surface area contributed by atoms with Gasteiger partial charge in [0, 0.05) is 23.2 Å². The van der Waals surface area contributed by atoms with Crippen molar-refractivity contribution in [3.63, 3.8) is 0 Å². The molecule has 1 aliphatic rings. The maximum Gasteiger partial charge on any atom is 0.251 e. The van der Waals surface area contributed by atoms with E-state index in [0.717, 1.165) is 24.6 Å². The zero-order chi connectivity index (χ0) is 14.8. The van der Waals surface area contributed by atoms with Crippen molar-refractivity contribution in [1.82, 2.24) is 10.3 Å². The Bertz CT molecular complexity index is 489. The fourth-order valence-corrected chi connectivity index (χ4v) is 2.02. The van der Waals surface area contributed by atoms with Crippen LogP contribution in [0.3, 0.4) is 0 Å². The standard InChI is InChI=1S/C15H24N4O/c1-15(2,3)12-8-11(9-13(18-12)19-16)14(20)17-7-6-10-4-5-10/h8-10H,4-7,16H2,1-3H3,(H,17,20)(H,18,19). The molecule has 1 aromatic heterocycles. The van der Waals surface area contributed by atoms with Gasteiger partial charge in [-0.2, -0.15) is 0 Å². The van der Waals surface area contributed by atoms with Gasteiger partial charge in [0.15, 0.2) is 0 Å². The molecule has 2 rings (SSSR count). The minimum absolute atomic E-state index is 0.0601. The predicted octanol–water partition coefficient (Wildman–Crippen LogP) is 2.19. The van der Waals surface area contributed by atoms with E-state index in [1.165, 1.54) is 12.8 Å². The van der Waals surface area contributed by atoms with Crippen LogP contribution in [-0.4, -0.2) is 17.4 Å². The number of nitrogen functional groups attached to an aromatic ring is 1. The molecule has 0 spiro atoms. The molecular weight excluding hydrogens is 252 g/mol. The van der Waals surface area contributed by atoms with Crippen LogP contribution in [0, 0.1) is 5.92 Å². The number of hydrazine groups is 1. The van der Waals surface area contributed by atoms with Crippen LogP contribution < -0.4 is 16.6 Å². The largest absolute Gasteiger partial charge is 0.352 e. The molecule has 0 radical (unpaired) electrons. The summed E-state index contributed by atoms with van der Waals surface area (Å²) in [6.07, 6.45) is 3.69. The summed E-state index contributed by atoms with van der Waals surface area (Å²) in [5.74, 6) is 6.71. The number of nitrogens with two attached hydrogens (primary N) is 1. The number of nitrogens with zero attached hydrogens (tertiary/aromatic N) is 1. The van der Waals surface area contributed by atoms with Crippen molar-refractivity contribution in [1.29, 1.82) is 0 Å². The van der Waals surface area contributed by atoms with Crippen LogP contribution in [-0.2, 0) is 5.41 Å². The zero-order valence-corrected chi connectivity index (χ0v) is 12.5. The predicted molar refractivity (Wildman–Crippen MR) is 80.4 cm³/mol. The second kappa shape index (κ2) is 5.79. The molecule has 0 bridgehead atoms. The topological polar surface area (TPSA) is 80.0 Å². The molecule has 0 unspecified atom stereocenters. The highest BCUT2D eigenvalue weighted by atomic mass is 16.1. The number of amides is 1. The van der Waals surface area contributed by atoms with Gasteiger partial charge >= 0.3 is 0 Å². The first-order valence-corrected chi connectivity index (χ1v) is 7.17. The zero-order valence-electron chi connectivity index (χ0n) is 12.5. The number of hydrogen-bond donors (Lipinski definition) is 3. The highest BCUT2D eigenvalue weighted by Crippen LogP contribution is 2.31. The van der Waals surface area contributed by atoms with Crippen LogP contribution in [0.1, 0.15) is 56.1 Å². The van der Waals surface area contributed by atoms with Gasteiger partial charge in [-0.25, -0.2) is 10.8 Å². The van der Waals surface area contributed by atoms with Crippen molar-refractivity contribution in [2.75, 3.05) is 12.0 Å². The summed E-state index contributed by atoms with van der Waals surface area (Å²) in [4.78, 5) is 16.6. The molecular formula is C15H24N4O. The number of carbonyl (C=O) groups excluding carboxylic acids is 1. The Morgan fingerprint density at radius 3 is 2.65 bits per heavy atom. The van der Waals surface area contributed by atoms with E-state index in [1.807, 2.05) is 6.07 Å². The summed E-state index contributed by atoms with van der Waals surface area (Å²) < 4.78 is 0. The smallest absolute Gasteiger partial charge is 0.251 e. The van der Waals surface area contributed by atoms with Crippen LogP contribution in [0.5, 0.6) is 0 Å². The van der Waals surface area contributed by atoms with Crippen molar-refractivity contribution in [2.45, 2.75) is 45.4 Å². The number of carbonyl (C=O) groups is 1. The number of hydrogen-bond acceptors (Lipinski definition) is 4. The van der Waals surface area contributed by atoms with Gasteiger partial charge < -0.3 is 10.7 Å². The monoisotopic (exact) mass is 276 g/mol. The Labute approximate surface area is 120 Å². The molecule has 110 valence electrons. The molecule has 1 heterocycles. The minimum atomic E-state index is -0.129. The highest BCUT2D eigenvalue weighted by molar-refractivity contribution is 5.95. The lowest BCUT2D eigenvalue weighted by molar-refractivity contribution is 0.0952. The molecule has 1 fully saturated rings. The van der Waals surface area contributed by atoms with Crippen molar-refractivity contribution in [3.05, 3.63) is 23.4 Å². The van der Waals surface area contributed by atoms with Gasteiger partial charge in [-0.05, 0) is 24.5 Å². The Kier molecular flexibility index (Phi) is 4.28. The van der Waals surface area contributed by atoms with Crippen LogP contribution in [0.4, 0.5) is 5.82 Å². The second-order valence-corrected chi connectivity index (χ2v) is 6.51. The number of nitrogens with one attached hydrogen (secondary N) is 2. The highest BCUT2D eigenvalue weighted by Gasteiger charge is 2.22. The lowest BCUT2D eigenvalue weighted by Crippen LogP contribution is -2.26. The SMILES string of the molecule is CC(C)(C)c1cc(C(=O)NCCC2CC2)cc(NN)n1. The first-order valence-electron chi connectivity index (χ1n) is 7.17. The summed E-state index contributed by atoms with van der Waals surface area (Å²) >= 11 is 0. The van der Waals surface area contributed by atoms with Crippen molar-refractivity contribution >= 4 is 11.7 Å². The van der Waals surface area contributed by atoms with Crippen molar-refractivity contribution < 1.29 is 4.79 Å². The average Bonchev–Trinajstić information content (AvgIpc) is 3.21. The van der Waals surface area contributed by atoms with Crippen LogP contribution in [0.25, 0.3) is 0 Å². The molecule has 1 aromatic rings. The molecule has 5 heteroatoms. The van der Waals surface area contributed by atoms with Gasteiger partial charge in [-0.15, -0.1) is 0 Å². The van der Waals surface area contributed by atoms with Gasteiger partial charge in [-0.3, -0.25) is 4.79 Å². The molecule has 0 aliphatic heterocycles. The number of rotatable bonds is 5. The molecule has 1 amide bonds. The van der Waals surface area contributed by atoms with Gasteiger partial charge in [0.25, 0.3) is 5.91 Å². The van der Waals surface area contributed by atoms with Crippen LogP contribution >= 0.6 is 0 Å². The third-order valence-corrected chi connectivity index (χ3v) is 3.54. The van der Waals surface area contributed by atoms with Gasteiger partial charge in [0.2, 0.25) is 0 Å².